The molecule has 0 unspecified atom stereocenters. The highest BCUT2D eigenvalue weighted by Gasteiger charge is 2.04. The Morgan fingerprint density at radius 3 is 1.83 bits per heavy atom. The summed E-state index contributed by atoms with van der Waals surface area (Å²) in [5.41, 5.74) is 0. The Bertz CT molecular complexity index is 62.6. The third-order valence-corrected chi connectivity index (χ3v) is 1.07. The van der Waals surface area contributed by atoms with Crippen LogP contribution in [-0.4, -0.2) is 9.95 Å². The molecule has 1 nitrogen and oxygen atoms in total. The van der Waals surface area contributed by atoms with Crippen LogP contribution in [0.2, 0.25) is 0 Å². The first-order valence-electron chi connectivity index (χ1n) is 1.13. The van der Waals surface area contributed by atoms with Crippen LogP contribution in [0.25, 0.3) is 0 Å². The smallest absolute Gasteiger partial charge is 0.251 e. The highest BCUT2D eigenvalue weighted by Crippen LogP contribution is 2.03. The molecule has 35 valence electrons. The Balaban J connectivity index is 3.26. The molecule has 0 aliphatic carbocycles. The van der Waals surface area contributed by atoms with E-state index in [1.54, 1.807) is 0 Å². The summed E-state index contributed by atoms with van der Waals surface area (Å²) in [7, 11) is 0. The molecule has 0 saturated carbocycles. The van der Waals surface area contributed by atoms with E-state index in [4.69, 9.17) is 23.2 Å². The molecule has 6 heavy (non-hydrogen) atoms. The van der Waals surface area contributed by atoms with Crippen LogP contribution in [0.5, 0.6) is 0 Å². The van der Waals surface area contributed by atoms with Crippen molar-refractivity contribution in [3.05, 3.63) is 0 Å². The number of carbonyl (C=O) groups is 1. The molecule has 0 rings (SSSR count). The Morgan fingerprint density at radius 2 is 1.83 bits per heavy atom. The number of rotatable bonds is 1. The zero-order valence-electron chi connectivity index (χ0n) is 2.65. The molecule has 0 aliphatic rings. The van der Waals surface area contributed by atoms with Crippen LogP contribution >= 0.6 is 35.8 Å². The van der Waals surface area contributed by atoms with Crippen LogP contribution in [0.3, 0.4) is 0 Å². The van der Waals surface area contributed by atoms with Crippen LogP contribution in [0, 0.1) is 0 Å². The van der Waals surface area contributed by atoms with Gasteiger partial charge in [-0.05, 0) is 12.6 Å². The van der Waals surface area contributed by atoms with Crippen LogP contribution in [0.1, 0.15) is 0 Å². The molecule has 0 spiro atoms. The molecule has 0 atom stereocenters. The number of hydrogen-bond acceptors (Lipinski definition) is 1. The molecule has 0 heterocycles. The van der Waals surface area contributed by atoms with Crippen molar-refractivity contribution < 1.29 is 4.79 Å². The van der Waals surface area contributed by atoms with Gasteiger partial charge in [0.05, 0.1) is 0 Å². The van der Waals surface area contributed by atoms with Crippen molar-refractivity contribution in [2.45, 2.75) is 4.84 Å². The Morgan fingerprint density at radius 1 is 1.67 bits per heavy atom. The molecular formula is C2HCl2OS. The van der Waals surface area contributed by atoms with E-state index in [1.165, 1.54) is 0 Å². The van der Waals surface area contributed by atoms with Crippen LogP contribution in [-0.2, 0) is 4.79 Å². The minimum absolute atomic E-state index is 0.627. The van der Waals surface area contributed by atoms with Gasteiger partial charge in [0.2, 0.25) is 0 Å². The number of carbonyl (C=O) groups excluding carboxylic acids is 1. The molecule has 0 aromatic rings. The Labute approximate surface area is 51.0 Å². The van der Waals surface area contributed by atoms with Gasteiger partial charge in [0.25, 0.3) is 5.12 Å². The minimum Gasteiger partial charge on any atom is -0.279 e. The molecule has 1 radical (unpaired) electrons. The molecule has 0 aliphatic heterocycles. The Hall–Kier alpha value is 0.470. The third-order valence-electron chi connectivity index (χ3n) is 0.178. The van der Waals surface area contributed by atoms with Crippen molar-refractivity contribution in [2.75, 3.05) is 0 Å². The van der Waals surface area contributed by atoms with Crippen LogP contribution < -0.4 is 0 Å². The van der Waals surface area contributed by atoms with Crippen molar-refractivity contribution in [1.29, 1.82) is 0 Å². The Kier molecular flexibility index (Phi) is 2.82. The summed E-state index contributed by atoms with van der Waals surface area (Å²) >= 11 is 13.8. The monoisotopic (exact) mass is 143 g/mol. The lowest BCUT2D eigenvalue weighted by Gasteiger charge is -1.82. The summed E-state index contributed by atoms with van der Waals surface area (Å²) < 4.78 is 0. The lowest BCUT2D eigenvalue weighted by atomic mass is 10.9. The van der Waals surface area contributed by atoms with E-state index in [1.807, 2.05) is 0 Å². The summed E-state index contributed by atoms with van der Waals surface area (Å²) in [6.07, 6.45) is 0. The fourth-order valence-electron chi connectivity index (χ4n) is 0. The highest BCUT2D eigenvalue weighted by atomic mass is 35.5. The van der Waals surface area contributed by atoms with Crippen molar-refractivity contribution >= 4 is 40.9 Å². The van der Waals surface area contributed by atoms with Gasteiger partial charge in [0.15, 0.2) is 4.84 Å². The molecular weight excluding hydrogens is 143 g/mol. The summed E-state index contributed by atoms with van der Waals surface area (Å²) in [6, 6.07) is 0. The lowest BCUT2D eigenvalue weighted by Crippen LogP contribution is -1.95. The van der Waals surface area contributed by atoms with Gasteiger partial charge in [-0.25, -0.2) is 0 Å². The summed E-state index contributed by atoms with van der Waals surface area (Å²) in [5, 5.41) is -0.627. The SMILES string of the molecule is O=C([S])C(Cl)Cl. The van der Waals surface area contributed by atoms with Crippen molar-refractivity contribution in [3.63, 3.8) is 0 Å². The molecule has 0 bridgehead atoms. The van der Waals surface area contributed by atoms with E-state index in [9.17, 15) is 4.79 Å². The second kappa shape index (κ2) is 2.61. The van der Waals surface area contributed by atoms with E-state index >= 15 is 0 Å². The fraction of sp³-hybridized carbons (Fsp3) is 0.500. The lowest BCUT2D eigenvalue weighted by molar-refractivity contribution is -0.109. The van der Waals surface area contributed by atoms with Gasteiger partial charge in [-0.1, -0.05) is 23.2 Å². The number of alkyl halides is 2. The molecule has 0 N–H and O–H groups in total. The first-order chi connectivity index (χ1) is 2.64. The van der Waals surface area contributed by atoms with Gasteiger partial charge >= 0.3 is 0 Å². The van der Waals surface area contributed by atoms with Gasteiger partial charge in [-0.2, -0.15) is 0 Å². The standard InChI is InChI=1S/C2HCl2OS/c3-1(4)2(5)6/h1H. The van der Waals surface area contributed by atoms with Crippen molar-refractivity contribution in [1.82, 2.24) is 0 Å². The van der Waals surface area contributed by atoms with Gasteiger partial charge < -0.3 is 0 Å². The minimum atomic E-state index is -1.03. The quantitative estimate of drug-likeness (QED) is 0.509. The second-order valence-corrected chi connectivity index (χ2v) is 2.12. The van der Waals surface area contributed by atoms with Gasteiger partial charge in [-0.15, -0.1) is 0 Å². The summed E-state index contributed by atoms with van der Waals surface area (Å²) in [4.78, 5) is 8.67. The molecule has 0 aromatic carbocycles. The summed E-state index contributed by atoms with van der Waals surface area (Å²) in [6.45, 7) is 0. The zero-order chi connectivity index (χ0) is 5.15. The van der Waals surface area contributed by atoms with Crippen molar-refractivity contribution in [2.24, 2.45) is 0 Å². The average molecular weight is 144 g/mol. The maximum atomic E-state index is 9.69. The first kappa shape index (κ1) is 6.47. The predicted octanol–water partition coefficient (Wildman–Crippen LogP) is 1.51. The third kappa shape index (κ3) is 2.69. The first-order valence-corrected chi connectivity index (χ1v) is 2.41. The molecule has 4 heteroatoms. The largest absolute Gasteiger partial charge is 0.279 e. The van der Waals surface area contributed by atoms with E-state index in [2.05, 4.69) is 12.6 Å². The summed E-state index contributed by atoms with van der Waals surface area (Å²) in [5.74, 6) is 0. The topological polar surface area (TPSA) is 17.1 Å². The second-order valence-electron chi connectivity index (χ2n) is 0.620. The number of halogens is 2. The van der Waals surface area contributed by atoms with Gasteiger partial charge in [0.1, 0.15) is 0 Å². The maximum Gasteiger partial charge on any atom is 0.251 e. The van der Waals surface area contributed by atoms with Gasteiger partial charge in [-0.3, -0.25) is 4.79 Å². The predicted molar refractivity (Wildman–Crippen MR) is 28.1 cm³/mol. The zero-order valence-corrected chi connectivity index (χ0v) is 4.98. The molecule has 0 amide bonds. The van der Waals surface area contributed by atoms with Crippen molar-refractivity contribution in [3.8, 4) is 0 Å². The van der Waals surface area contributed by atoms with Crippen LogP contribution in [0.4, 0.5) is 0 Å². The maximum absolute atomic E-state index is 9.69. The fourth-order valence-corrected chi connectivity index (χ4v) is 0. The molecule has 0 fully saturated rings. The molecule has 0 aromatic heterocycles. The number of hydrogen-bond donors (Lipinski definition) is 0. The highest BCUT2D eigenvalue weighted by molar-refractivity contribution is 7.97. The average Bonchev–Trinajstić information content (AvgIpc) is 1.36. The van der Waals surface area contributed by atoms with Gasteiger partial charge in [0, 0.05) is 0 Å². The van der Waals surface area contributed by atoms with E-state index in [0.29, 0.717) is 0 Å². The van der Waals surface area contributed by atoms with Crippen LogP contribution in [0.15, 0.2) is 0 Å². The normalized spacial score (nSPS) is 9.17. The van der Waals surface area contributed by atoms with E-state index < -0.39 is 9.95 Å². The van der Waals surface area contributed by atoms with E-state index in [0.717, 1.165) is 0 Å². The molecule has 0 saturated heterocycles. The van der Waals surface area contributed by atoms with E-state index in [-0.39, 0.29) is 0 Å².